The van der Waals surface area contributed by atoms with Gasteiger partial charge in [0, 0.05) is 37.1 Å². The molecular weight excluding hydrogens is 380 g/mol. The van der Waals surface area contributed by atoms with E-state index in [1.807, 2.05) is 31.2 Å². The number of halogens is 2. The molecular formula is C21H19F2N3O3. The average Bonchev–Trinajstić information content (AvgIpc) is 3.32. The van der Waals surface area contributed by atoms with Crippen molar-refractivity contribution in [3.05, 3.63) is 65.5 Å². The van der Waals surface area contributed by atoms with Gasteiger partial charge in [0.25, 0.3) is 5.89 Å². The van der Waals surface area contributed by atoms with E-state index in [2.05, 4.69) is 10.1 Å². The summed E-state index contributed by atoms with van der Waals surface area (Å²) in [7, 11) is 0. The maximum atomic E-state index is 13.9. The molecule has 29 heavy (non-hydrogen) atoms. The fraction of sp³-hybridized carbons (Fsp3) is 0.286. The van der Waals surface area contributed by atoms with Crippen LogP contribution in [0.2, 0.25) is 0 Å². The lowest BCUT2D eigenvalue weighted by molar-refractivity contribution is -0.128. The smallest absolute Gasteiger partial charge is 0.261 e. The fourth-order valence-corrected chi connectivity index (χ4v) is 3.39. The van der Waals surface area contributed by atoms with Gasteiger partial charge < -0.3 is 14.2 Å². The summed E-state index contributed by atoms with van der Waals surface area (Å²) < 4.78 is 38.0. The van der Waals surface area contributed by atoms with Crippen molar-refractivity contribution in [2.45, 2.75) is 25.8 Å². The number of carbonyl (C=O) groups is 1. The van der Waals surface area contributed by atoms with Crippen LogP contribution in [0, 0.1) is 11.6 Å². The maximum Gasteiger partial charge on any atom is 0.261 e. The Morgan fingerprint density at radius 1 is 1.24 bits per heavy atom. The maximum absolute atomic E-state index is 13.9. The molecule has 1 aliphatic rings. The normalized spacial score (nSPS) is 16.4. The molecule has 1 aromatic heterocycles. The molecule has 0 radical (unpaired) electrons. The third-order valence-corrected chi connectivity index (χ3v) is 4.82. The summed E-state index contributed by atoms with van der Waals surface area (Å²) in [6.45, 7) is 2.80. The second-order valence-corrected chi connectivity index (χ2v) is 6.80. The van der Waals surface area contributed by atoms with E-state index in [-0.39, 0.29) is 30.4 Å². The van der Waals surface area contributed by atoms with Crippen LogP contribution in [0.1, 0.15) is 30.7 Å². The van der Waals surface area contributed by atoms with Gasteiger partial charge in [-0.3, -0.25) is 4.79 Å². The quantitative estimate of drug-likeness (QED) is 0.628. The number of rotatable bonds is 6. The van der Waals surface area contributed by atoms with E-state index in [4.69, 9.17) is 9.26 Å². The number of hydrogen-bond donors (Lipinski definition) is 0. The highest BCUT2D eigenvalue weighted by molar-refractivity contribution is 5.79. The predicted octanol–water partition coefficient (Wildman–Crippen LogP) is 3.93. The molecule has 1 atom stereocenters. The molecule has 1 aliphatic heterocycles. The minimum atomic E-state index is -0.671. The Balaban J connectivity index is 1.50. The van der Waals surface area contributed by atoms with Crippen LogP contribution in [-0.2, 0) is 11.3 Å². The van der Waals surface area contributed by atoms with Gasteiger partial charge in [0.1, 0.15) is 17.4 Å². The Bertz CT molecular complexity index is 1040. The zero-order valence-corrected chi connectivity index (χ0v) is 15.8. The summed E-state index contributed by atoms with van der Waals surface area (Å²) in [5.74, 6) is -0.343. The van der Waals surface area contributed by atoms with Crippen molar-refractivity contribution >= 4 is 5.91 Å². The van der Waals surface area contributed by atoms with Gasteiger partial charge in [-0.05, 0) is 25.1 Å². The van der Waals surface area contributed by atoms with Crippen molar-refractivity contribution in [1.82, 2.24) is 15.0 Å². The number of nitrogens with zero attached hydrogens (tertiary/aromatic N) is 3. The third-order valence-electron chi connectivity index (χ3n) is 4.82. The molecule has 2 heterocycles. The van der Waals surface area contributed by atoms with Gasteiger partial charge >= 0.3 is 0 Å². The number of likely N-dealkylation sites (tertiary alicyclic amines) is 1. The molecule has 150 valence electrons. The predicted molar refractivity (Wildman–Crippen MR) is 100 cm³/mol. The number of hydrogen-bond acceptors (Lipinski definition) is 5. The summed E-state index contributed by atoms with van der Waals surface area (Å²) in [5.41, 5.74) is 0.947. The van der Waals surface area contributed by atoms with Gasteiger partial charge in [0.05, 0.1) is 12.2 Å². The van der Waals surface area contributed by atoms with Crippen LogP contribution < -0.4 is 4.74 Å². The highest BCUT2D eigenvalue weighted by atomic mass is 19.1. The molecule has 1 amide bonds. The standard InChI is InChI=1S/C21H19F2N3O3/c1-2-28-18-6-4-3-5-16(18)21-24-20(25-29-21)14-9-19(27)26(12-14)11-13-7-8-15(22)10-17(13)23/h3-8,10,14H,2,9,11-12H2,1H3. The number of ether oxygens (including phenoxy) is 1. The first-order valence-corrected chi connectivity index (χ1v) is 9.32. The molecule has 1 fully saturated rings. The lowest BCUT2D eigenvalue weighted by Crippen LogP contribution is -2.25. The second-order valence-electron chi connectivity index (χ2n) is 6.80. The minimum absolute atomic E-state index is 0.0688. The second kappa shape index (κ2) is 7.98. The van der Waals surface area contributed by atoms with Gasteiger partial charge in [0.2, 0.25) is 5.91 Å². The molecule has 4 rings (SSSR count). The number of para-hydroxylation sites is 1. The topological polar surface area (TPSA) is 68.5 Å². The van der Waals surface area contributed by atoms with Crippen LogP contribution >= 0.6 is 0 Å². The molecule has 0 aliphatic carbocycles. The van der Waals surface area contributed by atoms with E-state index in [0.29, 0.717) is 36.2 Å². The molecule has 0 N–H and O–H groups in total. The first-order chi connectivity index (χ1) is 14.0. The van der Waals surface area contributed by atoms with Gasteiger partial charge in [-0.15, -0.1) is 0 Å². The fourth-order valence-electron chi connectivity index (χ4n) is 3.39. The number of amides is 1. The Kier molecular flexibility index (Phi) is 5.24. The van der Waals surface area contributed by atoms with Crippen LogP contribution in [0.15, 0.2) is 47.0 Å². The van der Waals surface area contributed by atoms with E-state index in [1.165, 1.54) is 17.0 Å². The minimum Gasteiger partial charge on any atom is -0.493 e. The number of carbonyl (C=O) groups excluding carboxylic acids is 1. The molecule has 0 saturated carbocycles. The first-order valence-electron chi connectivity index (χ1n) is 9.32. The van der Waals surface area contributed by atoms with Crippen molar-refractivity contribution in [2.24, 2.45) is 0 Å². The summed E-state index contributed by atoms with van der Waals surface area (Å²) >= 11 is 0. The van der Waals surface area contributed by atoms with Crippen molar-refractivity contribution in [3.8, 4) is 17.2 Å². The Morgan fingerprint density at radius 3 is 2.86 bits per heavy atom. The molecule has 1 unspecified atom stereocenters. The summed E-state index contributed by atoms with van der Waals surface area (Å²) in [6, 6.07) is 10.7. The molecule has 2 aromatic carbocycles. The molecule has 8 heteroatoms. The summed E-state index contributed by atoms with van der Waals surface area (Å²) in [5, 5.41) is 4.04. The SMILES string of the molecule is CCOc1ccccc1-c1nc(C2CC(=O)N(Cc3ccc(F)cc3F)C2)no1. The highest BCUT2D eigenvalue weighted by Gasteiger charge is 2.34. The molecule has 0 spiro atoms. The van der Waals surface area contributed by atoms with Crippen molar-refractivity contribution in [1.29, 1.82) is 0 Å². The molecule has 3 aromatic rings. The Labute approximate surface area is 166 Å². The summed E-state index contributed by atoms with van der Waals surface area (Å²) in [4.78, 5) is 18.3. The van der Waals surface area contributed by atoms with Crippen LogP contribution in [-0.4, -0.2) is 34.1 Å². The highest BCUT2D eigenvalue weighted by Crippen LogP contribution is 2.32. The third kappa shape index (κ3) is 3.96. The van der Waals surface area contributed by atoms with Crippen LogP contribution in [0.4, 0.5) is 8.78 Å². The Morgan fingerprint density at radius 2 is 2.07 bits per heavy atom. The van der Waals surface area contributed by atoms with Crippen molar-refractivity contribution in [3.63, 3.8) is 0 Å². The van der Waals surface area contributed by atoms with Gasteiger partial charge in [0.15, 0.2) is 5.82 Å². The number of aromatic nitrogens is 2. The van der Waals surface area contributed by atoms with Gasteiger partial charge in [-0.2, -0.15) is 4.98 Å². The number of benzene rings is 2. The van der Waals surface area contributed by atoms with Crippen LogP contribution in [0.3, 0.4) is 0 Å². The van der Waals surface area contributed by atoms with Gasteiger partial charge in [-0.1, -0.05) is 23.4 Å². The first kappa shape index (κ1) is 19.0. The lowest BCUT2D eigenvalue weighted by Gasteiger charge is -2.16. The zero-order chi connectivity index (χ0) is 20.4. The van der Waals surface area contributed by atoms with E-state index in [0.717, 1.165) is 6.07 Å². The van der Waals surface area contributed by atoms with E-state index >= 15 is 0 Å². The zero-order valence-electron chi connectivity index (χ0n) is 15.8. The monoisotopic (exact) mass is 399 g/mol. The molecule has 0 bridgehead atoms. The van der Waals surface area contributed by atoms with Crippen LogP contribution in [0.5, 0.6) is 5.75 Å². The van der Waals surface area contributed by atoms with Crippen molar-refractivity contribution in [2.75, 3.05) is 13.2 Å². The summed E-state index contributed by atoms with van der Waals surface area (Å²) in [6.07, 6.45) is 0.203. The van der Waals surface area contributed by atoms with Crippen LogP contribution in [0.25, 0.3) is 11.5 Å². The van der Waals surface area contributed by atoms with Gasteiger partial charge in [-0.25, -0.2) is 8.78 Å². The Hall–Kier alpha value is -3.29. The average molecular weight is 399 g/mol. The molecule has 1 saturated heterocycles. The molecule has 6 nitrogen and oxygen atoms in total. The van der Waals surface area contributed by atoms with E-state index < -0.39 is 11.6 Å². The largest absolute Gasteiger partial charge is 0.493 e. The van der Waals surface area contributed by atoms with E-state index in [9.17, 15) is 13.6 Å². The lowest BCUT2D eigenvalue weighted by atomic mass is 10.1. The van der Waals surface area contributed by atoms with Crippen molar-refractivity contribution < 1.29 is 22.8 Å². The van der Waals surface area contributed by atoms with E-state index in [1.54, 1.807) is 0 Å².